The summed E-state index contributed by atoms with van der Waals surface area (Å²) in [4.78, 5) is 0. The molecule has 0 aliphatic rings. The summed E-state index contributed by atoms with van der Waals surface area (Å²) in [6.07, 6.45) is 0. The summed E-state index contributed by atoms with van der Waals surface area (Å²) in [5.74, 6) is 1.61. The van der Waals surface area contributed by atoms with Gasteiger partial charge in [0.25, 0.3) is 0 Å². The van der Waals surface area contributed by atoms with Gasteiger partial charge in [0.1, 0.15) is 11.3 Å². The van der Waals surface area contributed by atoms with E-state index >= 15 is 0 Å². The molecule has 0 saturated carbocycles. The first-order chi connectivity index (χ1) is 6.59. The lowest BCUT2D eigenvalue weighted by Gasteiger charge is -2.04. The van der Waals surface area contributed by atoms with Crippen LogP contribution in [0.5, 0.6) is 0 Å². The molecule has 0 atom stereocenters. The first-order valence-corrected chi connectivity index (χ1v) is 5.09. The number of rotatable bonds is 1. The van der Waals surface area contributed by atoms with Crippen LogP contribution in [0, 0.1) is 13.8 Å². The van der Waals surface area contributed by atoms with Crippen molar-refractivity contribution in [2.45, 2.75) is 33.6 Å². The van der Waals surface area contributed by atoms with Crippen molar-refractivity contribution in [3.63, 3.8) is 0 Å². The van der Waals surface area contributed by atoms with Crippen LogP contribution < -0.4 is 0 Å². The Kier molecular flexibility index (Phi) is 2.10. The lowest BCUT2D eigenvalue weighted by atomic mass is 10.0. The number of aryl methyl sites for hydroxylation is 2. The molecule has 1 nitrogen and oxygen atoms in total. The molecule has 0 amide bonds. The molecule has 0 spiro atoms. The lowest BCUT2D eigenvalue weighted by molar-refractivity contribution is 0.575. The van der Waals surface area contributed by atoms with E-state index in [1.165, 1.54) is 16.5 Å². The molecule has 0 unspecified atom stereocenters. The summed E-state index contributed by atoms with van der Waals surface area (Å²) in [6, 6.07) is 6.46. The molecule has 2 aromatic rings. The third-order valence-electron chi connectivity index (χ3n) is 2.87. The van der Waals surface area contributed by atoms with Crippen molar-refractivity contribution in [3.05, 3.63) is 35.1 Å². The lowest BCUT2D eigenvalue weighted by Crippen LogP contribution is -1.85. The number of furan rings is 1. The van der Waals surface area contributed by atoms with Crippen molar-refractivity contribution in [1.82, 2.24) is 0 Å². The van der Waals surface area contributed by atoms with Gasteiger partial charge in [-0.3, -0.25) is 0 Å². The first-order valence-electron chi connectivity index (χ1n) is 5.09. The van der Waals surface area contributed by atoms with Crippen LogP contribution in [-0.2, 0) is 0 Å². The minimum absolute atomic E-state index is 0.578. The Morgan fingerprint density at radius 3 is 2.50 bits per heavy atom. The monoisotopic (exact) mass is 188 g/mol. The van der Waals surface area contributed by atoms with E-state index in [2.05, 4.69) is 39.0 Å². The van der Waals surface area contributed by atoms with Gasteiger partial charge in [-0.1, -0.05) is 19.9 Å². The highest BCUT2D eigenvalue weighted by atomic mass is 16.3. The van der Waals surface area contributed by atoms with Gasteiger partial charge in [0, 0.05) is 5.39 Å². The van der Waals surface area contributed by atoms with Gasteiger partial charge < -0.3 is 4.42 Å². The van der Waals surface area contributed by atoms with Gasteiger partial charge in [-0.2, -0.15) is 0 Å². The Labute approximate surface area is 84.7 Å². The van der Waals surface area contributed by atoms with Crippen LogP contribution in [0.3, 0.4) is 0 Å². The van der Waals surface area contributed by atoms with Crippen LogP contribution in [0.1, 0.15) is 36.7 Å². The Balaban J connectivity index is 2.69. The van der Waals surface area contributed by atoms with Gasteiger partial charge in [-0.25, -0.2) is 0 Å². The van der Waals surface area contributed by atoms with Gasteiger partial charge in [0.2, 0.25) is 0 Å². The highest BCUT2D eigenvalue weighted by Gasteiger charge is 2.08. The fraction of sp³-hybridized carbons (Fsp3) is 0.385. The molecule has 1 heterocycles. The van der Waals surface area contributed by atoms with Gasteiger partial charge in [0.05, 0.1) is 0 Å². The zero-order valence-corrected chi connectivity index (χ0v) is 9.22. The van der Waals surface area contributed by atoms with Crippen LogP contribution >= 0.6 is 0 Å². The molecule has 0 fully saturated rings. The Hall–Kier alpha value is -1.24. The first kappa shape index (κ1) is 9.32. The maximum atomic E-state index is 5.63. The number of hydrogen-bond acceptors (Lipinski definition) is 1. The number of fused-ring (bicyclic) bond motifs is 1. The van der Waals surface area contributed by atoms with E-state index in [-0.39, 0.29) is 0 Å². The van der Waals surface area contributed by atoms with Crippen molar-refractivity contribution in [1.29, 1.82) is 0 Å². The van der Waals surface area contributed by atoms with E-state index in [0.717, 1.165) is 11.3 Å². The Morgan fingerprint density at radius 1 is 1.14 bits per heavy atom. The fourth-order valence-electron chi connectivity index (χ4n) is 1.72. The summed E-state index contributed by atoms with van der Waals surface area (Å²) in [6.45, 7) is 8.56. The molecule has 74 valence electrons. The van der Waals surface area contributed by atoms with E-state index in [1.807, 2.05) is 6.92 Å². The molecule has 1 aromatic carbocycles. The van der Waals surface area contributed by atoms with Crippen LogP contribution in [-0.4, -0.2) is 0 Å². The molecule has 2 rings (SSSR count). The van der Waals surface area contributed by atoms with Crippen molar-refractivity contribution >= 4 is 11.0 Å². The molecule has 0 N–H and O–H groups in total. The maximum absolute atomic E-state index is 5.63. The zero-order valence-electron chi connectivity index (χ0n) is 9.22. The van der Waals surface area contributed by atoms with E-state index in [0.29, 0.717) is 5.92 Å². The molecule has 0 radical (unpaired) electrons. The second kappa shape index (κ2) is 3.16. The van der Waals surface area contributed by atoms with Crippen LogP contribution in [0.2, 0.25) is 0 Å². The SMILES string of the molecule is Cc1oc2ccc(C(C)C)cc2c1C. The number of benzene rings is 1. The molecule has 0 aliphatic heterocycles. The standard InChI is InChI=1S/C13H16O/c1-8(2)11-5-6-13-12(7-11)9(3)10(4)14-13/h5-8H,1-4H3. The van der Waals surface area contributed by atoms with Crippen molar-refractivity contribution in [2.75, 3.05) is 0 Å². The van der Waals surface area contributed by atoms with Crippen LogP contribution in [0.4, 0.5) is 0 Å². The largest absolute Gasteiger partial charge is 0.461 e. The van der Waals surface area contributed by atoms with Gasteiger partial charge in [0.15, 0.2) is 0 Å². The van der Waals surface area contributed by atoms with Crippen LogP contribution in [0.25, 0.3) is 11.0 Å². The third kappa shape index (κ3) is 1.33. The smallest absolute Gasteiger partial charge is 0.134 e. The van der Waals surface area contributed by atoms with Crippen LogP contribution in [0.15, 0.2) is 22.6 Å². The van der Waals surface area contributed by atoms with Gasteiger partial charge >= 0.3 is 0 Å². The highest BCUT2D eigenvalue weighted by molar-refractivity contribution is 5.82. The average Bonchev–Trinajstić information content (AvgIpc) is 2.43. The second-order valence-electron chi connectivity index (χ2n) is 4.19. The summed E-state index contributed by atoms with van der Waals surface area (Å²) < 4.78 is 5.63. The second-order valence-corrected chi connectivity index (χ2v) is 4.19. The Bertz CT molecular complexity index is 463. The van der Waals surface area contributed by atoms with Gasteiger partial charge in [-0.15, -0.1) is 0 Å². The van der Waals surface area contributed by atoms with E-state index in [1.54, 1.807) is 0 Å². The summed E-state index contributed by atoms with van der Waals surface area (Å²) >= 11 is 0. The summed E-state index contributed by atoms with van der Waals surface area (Å²) in [7, 11) is 0. The molecular formula is C13H16O. The predicted octanol–water partition coefficient (Wildman–Crippen LogP) is 4.17. The Morgan fingerprint density at radius 2 is 1.86 bits per heavy atom. The van der Waals surface area contributed by atoms with Crippen molar-refractivity contribution in [2.24, 2.45) is 0 Å². The predicted molar refractivity (Wildman–Crippen MR) is 59.8 cm³/mol. The summed E-state index contributed by atoms with van der Waals surface area (Å²) in [5, 5.41) is 1.26. The van der Waals surface area contributed by atoms with Gasteiger partial charge in [-0.05, 0) is 43.0 Å². The highest BCUT2D eigenvalue weighted by Crippen LogP contribution is 2.27. The molecule has 0 aliphatic carbocycles. The molecule has 0 bridgehead atoms. The maximum Gasteiger partial charge on any atom is 0.134 e. The quantitative estimate of drug-likeness (QED) is 0.654. The molecule has 0 saturated heterocycles. The van der Waals surface area contributed by atoms with Crippen molar-refractivity contribution in [3.8, 4) is 0 Å². The van der Waals surface area contributed by atoms with E-state index in [9.17, 15) is 0 Å². The molecule has 14 heavy (non-hydrogen) atoms. The molecular weight excluding hydrogens is 172 g/mol. The zero-order chi connectivity index (χ0) is 10.3. The van der Waals surface area contributed by atoms with E-state index in [4.69, 9.17) is 4.42 Å². The molecule has 1 aromatic heterocycles. The minimum Gasteiger partial charge on any atom is -0.461 e. The number of hydrogen-bond donors (Lipinski definition) is 0. The van der Waals surface area contributed by atoms with E-state index < -0.39 is 0 Å². The van der Waals surface area contributed by atoms with Crippen molar-refractivity contribution < 1.29 is 4.42 Å². The third-order valence-corrected chi connectivity index (χ3v) is 2.87. The normalized spacial score (nSPS) is 11.5. The topological polar surface area (TPSA) is 13.1 Å². The fourth-order valence-corrected chi connectivity index (χ4v) is 1.72. The average molecular weight is 188 g/mol. The molecule has 1 heteroatoms. The minimum atomic E-state index is 0.578. The summed E-state index contributed by atoms with van der Waals surface area (Å²) in [5.41, 5.74) is 3.65.